The number of alkyl halides is 3. The number of amides is 1. The van der Waals surface area contributed by atoms with E-state index in [1.165, 1.54) is 6.07 Å². The molecule has 0 aliphatic carbocycles. The molecule has 100 valence electrons. The van der Waals surface area contributed by atoms with Crippen molar-refractivity contribution in [3.63, 3.8) is 0 Å². The van der Waals surface area contributed by atoms with Gasteiger partial charge in [0.25, 0.3) is 5.91 Å². The molecule has 0 bridgehead atoms. The Morgan fingerprint density at radius 1 is 1.28 bits per heavy atom. The summed E-state index contributed by atoms with van der Waals surface area (Å²) in [5.41, 5.74) is -0.530. The molecule has 0 fully saturated rings. The van der Waals surface area contributed by atoms with Crippen LogP contribution in [0.5, 0.6) is 0 Å². The van der Waals surface area contributed by atoms with Crippen molar-refractivity contribution in [2.24, 2.45) is 0 Å². The van der Waals surface area contributed by atoms with Crippen molar-refractivity contribution in [1.82, 2.24) is 4.90 Å². The molecule has 0 unspecified atom stereocenters. The van der Waals surface area contributed by atoms with Crippen molar-refractivity contribution in [2.45, 2.75) is 20.0 Å². The minimum absolute atomic E-state index is 0.161. The average Bonchev–Trinajstić information content (AvgIpc) is 2.29. The number of carbonyl (C=O) groups is 1. The Bertz CT molecular complexity index is 441. The second kappa shape index (κ2) is 5.73. The van der Waals surface area contributed by atoms with E-state index in [1.807, 2.05) is 13.8 Å². The fourth-order valence-corrected chi connectivity index (χ4v) is 2.09. The summed E-state index contributed by atoms with van der Waals surface area (Å²) in [6, 6.07) is 3.05. The second-order valence-electron chi connectivity index (χ2n) is 3.67. The summed E-state index contributed by atoms with van der Waals surface area (Å²) >= 11 is 3.02. The summed E-state index contributed by atoms with van der Waals surface area (Å²) in [5, 5.41) is 0. The van der Waals surface area contributed by atoms with Gasteiger partial charge in [-0.2, -0.15) is 13.2 Å². The number of benzene rings is 1. The van der Waals surface area contributed by atoms with E-state index in [0.717, 1.165) is 12.1 Å². The molecule has 6 heteroatoms. The first-order valence-corrected chi connectivity index (χ1v) is 6.26. The van der Waals surface area contributed by atoms with Crippen LogP contribution in [0.4, 0.5) is 13.2 Å². The second-order valence-corrected chi connectivity index (χ2v) is 4.52. The van der Waals surface area contributed by atoms with Gasteiger partial charge in [0.2, 0.25) is 0 Å². The number of halogens is 4. The summed E-state index contributed by atoms with van der Waals surface area (Å²) in [6.07, 6.45) is -4.40. The molecule has 0 radical (unpaired) electrons. The van der Waals surface area contributed by atoms with E-state index in [4.69, 9.17) is 0 Å². The third-order valence-electron chi connectivity index (χ3n) is 2.58. The molecule has 0 aromatic heterocycles. The molecule has 18 heavy (non-hydrogen) atoms. The fourth-order valence-electron chi connectivity index (χ4n) is 1.55. The fraction of sp³-hybridized carbons (Fsp3) is 0.417. The SMILES string of the molecule is CCN(CC)C(=O)c1ccc(C(F)(F)F)cc1Br. The van der Waals surface area contributed by atoms with Crippen LogP contribution in [0.3, 0.4) is 0 Å². The van der Waals surface area contributed by atoms with Gasteiger partial charge in [0.05, 0.1) is 11.1 Å². The van der Waals surface area contributed by atoms with E-state index in [9.17, 15) is 18.0 Å². The number of hydrogen-bond acceptors (Lipinski definition) is 1. The summed E-state index contributed by atoms with van der Waals surface area (Å²) in [6.45, 7) is 4.67. The first kappa shape index (κ1) is 15.0. The molecular formula is C12H13BrF3NO. The molecule has 0 N–H and O–H groups in total. The van der Waals surface area contributed by atoms with Gasteiger partial charge in [0.15, 0.2) is 0 Å². The van der Waals surface area contributed by atoms with Crippen LogP contribution in [0.15, 0.2) is 22.7 Å². The van der Waals surface area contributed by atoms with Crippen molar-refractivity contribution in [1.29, 1.82) is 0 Å². The highest BCUT2D eigenvalue weighted by Gasteiger charge is 2.31. The predicted molar refractivity (Wildman–Crippen MR) is 66.4 cm³/mol. The molecule has 0 saturated carbocycles. The average molecular weight is 324 g/mol. The van der Waals surface area contributed by atoms with Crippen LogP contribution in [0.25, 0.3) is 0 Å². The molecule has 0 spiro atoms. The lowest BCUT2D eigenvalue weighted by molar-refractivity contribution is -0.137. The van der Waals surface area contributed by atoms with E-state index in [-0.39, 0.29) is 15.9 Å². The van der Waals surface area contributed by atoms with Crippen molar-refractivity contribution in [2.75, 3.05) is 13.1 Å². The topological polar surface area (TPSA) is 20.3 Å². The molecule has 1 aromatic carbocycles. The number of hydrogen-bond donors (Lipinski definition) is 0. The van der Waals surface area contributed by atoms with Gasteiger partial charge in [-0.1, -0.05) is 0 Å². The lowest BCUT2D eigenvalue weighted by Gasteiger charge is -2.19. The third kappa shape index (κ3) is 3.25. The van der Waals surface area contributed by atoms with Gasteiger partial charge in [0, 0.05) is 17.6 Å². The Morgan fingerprint density at radius 3 is 2.22 bits per heavy atom. The molecule has 0 saturated heterocycles. The molecule has 0 atom stereocenters. The normalized spacial score (nSPS) is 11.4. The smallest absolute Gasteiger partial charge is 0.339 e. The number of rotatable bonds is 3. The van der Waals surface area contributed by atoms with Gasteiger partial charge < -0.3 is 4.90 Å². The molecule has 0 aliphatic rings. The van der Waals surface area contributed by atoms with E-state index < -0.39 is 11.7 Å². The Hall–Kier alpha value is -1.04. The maximum atomic E-state index is 12.5. The maximum Gasteiger partial charge on any atom is 0.416 e. The molecule has 0 aliphatic heterocycles. The van der Waals surface area contributed by atoms with Crippen LogP contribution >= 0.6 is 15.9 Å². The third-order valence-corrected chi connectivity index (χ3v) is 3.23. The van der Waals surface area contributed by atoms with Crippen LogP contribution in [0.2, 0.25) is 0 Å². The van der Waals surface area contributed by atoms with Crippen LogP contribution in [0.1, 0.15) is 29.8 Å². The number of nitrogens with zero attached hydrogens (tertiary/aromatic N) is 1. The maximum absolute atomic E-state index is 12.5. The Balaban J connectivity index is 3.10. The van der Waals surface area contributed by atoms with Crippen molar-refractivity contribution < 1.29 is 18.0 Å². The quantitative estimate of drug-likeness (QED) is 0.824. The number of carbonyl (C=O) groups excluding carboxylic acids is 1. The standard InChI is InChI=1S/C12H13BrF3NO/c1-3-17(4-2)11(18)9-6-5-8(7-10(9)13)12(14,15)16/h5-7H,3-4H2,1-2H3. The van der Waals surface area contributed by atoms with Crippen LogP contribution in [0, 0.1) is 0 Å². The van der Waals surface area contributed by atoms with Crippen LogP contribution in [-0.2, 0) is 6.18 Å². The van der Waals surface area contributed by atoms with Crippen LogP contribution < -0.4 is 0 Å². The highest BCUT2D eigenvalue weighted by molar-refractivity contribution is 9.10. The molecule has 1 amide bonds. The van der Waals surface area contributed by atoms with E-state index in [2.05, 4.69) is 15.9 Å². The summed E-state index contributed by atoms with van der Waals surface area (Å²) in [5.74, 6) is -0.277. The minimum atomic E-state index is -4.40. The van der Waals surface area contributed by atoms with Crippen LogP contribution in [-0.4, -0.2) is 23.9 Å². The van der Waals surface area contributed by atoms with Crippen molar-refractivity contribution in [3.8, 4) is 0 Å². The zero-order valence-electron chi connectivity index (χ0n) is 10.0. The molecule has 2 nitrogen and oxygen atoms in total. The lowest BCUT2D eigenvalue weighted by atomic mass is 10.1. The lowest BCUT2D eigenvalue weighted by Crippen LogP contribution is -2.30. The first-order chi connectivity index (χ1) is 8.31. The zero-order valence-corrected chi connectivity index (χ0v) is 11.6. The van der Waals surface area contributed by atoms with Crippen molar-refractivity contribution in [3.05, 3.63) is 33.8 Å². The van der Waals surface area contributed by atoms with Gasteiger partial charge >= 0.3 is 6.18 Å². The summed E-state index contributed by atoms with van der Waals surface area (Å²) in [4.78, 5) is 13.6. The highest BCUT2D eigenvalue weighted by atomic mass is 79.9. The molecule has 0 heterocycles. The Labute approximate surface area is 112 Å². The highest BCUT2D eigenvalue weighted by Crippen LogP contribution is 2.32. The predicted octanol–water partition coefficient (Wildman–Crippen LogP) is 3.95. The Morgan fingerprint density at radius 2 is 1.83 bits per heavy atom. The first-order valence-electron chi connectivity index (χ1n) is 5.47. The molecule has 1 aromatic rings. The molecule has 1 rings (SSSR count). The Kier molecular flexibility index (Phi) is 4.78. The van der Waals surface area contributed by atoms with E-state index in [0.29, 0.717) is 13.1 Å². The minimum Gasteiger partial charge on any atom is -0.339 e. The van der Waals surface area contributed by atoms with Crippen molar-refractivity contribution >= 4 is 21.8 Å². The monoisotopic (exact) mass is 323 g/mol. The molecular weight excluding hydrogens is 311 g/mol. The van der Waals surface area contributed by atoms with Gasteiger partial charge in [-0.15, -0.1) is 0 Å². The van der Waals surface area contributed by atoms with Gasteiger partial charge in [-0.25, -0.2) is 0 Å². The summed E-state index contributed by atoms with van der Waals surface area (Å²) < 4.78 is 37.6. The largest absolute Gasteiger partial charge is 0.416 e. The van der Waals surface area contributed by atoms with E-state index >= 15 is 0 Å². The van der Waals surface area contributed by atoms with E-state index in [1.54, 1.807) is 4.90 Å². The van der Waals surface area contributed by atoms with Gasteiger partial charge in [0.1, 0.15) is 0 Å². The zero-order chi connectivity index (χ0) is 13.9. The summed E-state index contributed by atoms with van der Waals surface area (Å²) in [7, 11) is 0. The van der Waals surface area contributed by atoms with Gasteiger partial charge in [-0.05, 0) is 48.0 Å². The van der Waals surface area contributed by atoms with Gasteiger partial charge in [-0.3, -0.25) is 4.79 Å².